The average Bonchev–Trinajstić information content (AvgIpc) is 3.18. The van der Waals surface area contributed by atoms with Crippen LogP contribution in [-0.2, 0) is 12.6 Å². The van der Waals surface area contributed by atoms with E-state index in [2.05, 4.69) is 15.3 Å². The molecule has 0 fully saturated rings. The molecule has 0 bridgehead atoms. The maximum atomic E-state index is 13.0. The number of aromatic nitrogens is 2. The lowest BCUT2D eigenvalue weighted by molar-refractivity contribution is -0.137. The molecule has 2 N–H and O–H groups in total. The van der Waals surface area contributed by atoms with Crippen molar-refractivity contribution >= 4 is 16.9 Å². The van der Waals surface area contributed by atoms with Crippen LogP contribution in [0, 0.1) is 0 Å². The normalized spacial score (nSPS) is 12.6. The van der Waals surface area contributed by atoms with Crippen LogP contribution < -0.4 is 5.32 Å². The first-order chi connectivity index (χ1) is 14.4. The quantitative estimate of drug-likeness (QED) is 0.470. The monoisotopic (exact) mass is 409 g/mol. The van der Waals surface area contributed by atoms with Gasteiger partial charge in [0.2, 0.25) is 0 Å². The third-order valence-electron chi connectivity index (χ3n) is 4.78. The lowest BCUT2D eigenvalue weighted by Crippen LogP contribution is -2.31. The number of hydrogen-bond acceptors (Lipinski definition) is 2. The largest absolute Gasteiger partial charge is 0.416 e. The number of hydrogen-bond donors (Lipinski definition) is 2. The molecule has 0 saturated heterocycles. The molecular weight excluding hydrogens is 391 g/mol. The van der Waals surface area contributed by atoms with Crippen LogP contribution in [-0.4, -0.2) is 15.9 Å². The number of benzene rings is 3. The highest BCUT2D eigenvalue weighted by molar-refractivity contribution is 5.94. The highest BCUT2D eigenvalue weighted by Gasteiger charge is 2.31. The number of halogens is 3. The predicted molar refractivity (Wildman–Crippen MR) is 108 cm³/mol. The van der Waals surface area contributed by atoms with Gasteiger partial charge in [0.15, 0.2) is 0 Å². The first-order valence-electron chi connectivity index (χ1n) is 9.37. The Morgan fingerprint density at radius 2 is 1.70 bits per heavy atom. The highest BCUT2D eigenvalue weighted by atomic mass is 19.4. The molecule has 0 radical (unpaired) electrons. The second-order valence-electron chi connectivity index (χ2n) is 6.93. The molecule has 0 aliphatic rings. The number of fused-ring (bicyclic) bond motifs is 1. The number of para-hydroxylation sites is 2. The van der Waals surface area contributed by atoms with E-state index in [1.54, 1.807) is 0 Å². The topological polar surface area (TPSA) is 57.8 Å². The van der Waals surface area contributed by atoms with Gasteiger partial charge in [0.05, 0.1) is 22.6 Å². The van der Waals surface area contributed by atoms with E-state index >= 15 is 0 Å². The maximum absolute atomic E-state index is 13.0. The van der Waals surface area contributed by atoms with Gasteiger partial charge in [-0.3, -0.25) is 4.79 Å². The predicted octanol–water partition coefficient (Wildman–Crippen LogP) is 5.30. The van der Waals surface area contributed by atoms with Gasteiger partial charge >= 0.3 is 6.18 Å². The first kappa shape index (κ1) is 19.7. The van der Waals surface area contributed by atoms with Gasteiger partial charge in [-0.25, -0.2) is 4.98 Å². The number of carbonyl (C=O) groups is 1. The van der Waals surface area contributed by atoms with Crippen LogP contribution >= 0.6 is 0 Å². The van der Waals surface area contributed by atoms with E-state index in [0.29, 0.717) is 12.2 Å². The molecule has 0 aliphatic carbocycles. The Kier molecular flexibility index (Phi) is 5.27. The van der Waals surface area contributed by atoms with Crippen molar-refractivity contribution in [2.45, 2.75) is 18.6 Å². The molecule has 30 heavy (non-hydrogen) atoms. The van der Waals surface area contributed by atoms with Crippen LogP contribution in [0.15, 0.2) is 78.9 Å². The van der Waals surface area contributed by atoms with Crippen molar-refractivity contribution in [2.24, 2.45) is 0 Å². The van der Waals surface area contributed by atoms with Gasteiger partial charge in [0.1, 0.15) is 5.82 Å². The summed E-state index contributed by atoms with van der Waals surface area (Å²) >= 11 is 0. The van der Waals surface area contributed by atoms with E-state index in [9.17, 15) is 18.0 Å². The molecule has 4 aromatic rings. The zero-order valence-electron chi connectivity index (χ0n) is 15.8. The summed E-state index contributed by atoms with van der Waals surface area (Å²) in [6.07, 6.45) is -4.08. The summed E-state index contributed by atoms with van der Waals surface area (Å²) in [5.74, 6) is -0.0529. The highest BCUT2D eigenvalue weighted by Crippen LogP contribution is 2.29. The third kappa shape index (κ3) is 4.35. The molecule has 3 aromatic carbocycles. The fourth-order valence-electron chi connectivity index (χ4n) is 3.28. The Morgan fingerprint density at radius 1 is 0.967 bits per heavy atom. The number of imidazole rings is 1. The summed E-state index contributed by atoms with van der Waals surface area (Å²) in [5.41, 5.74) is 1.61. The number of aromatic amines is 1. The third-order valence-corrected chi connectivity index (χ3v) is 4.78. The van der Waals surface area contributed by atoms with Crippen molar-refractivity contribution in [3.05, 3.63) is 101 Å². The summed E-state index contributed by atoms with van der Waals surface area (Å²) < 4.78 is 39.1. The van der Waals surface area contributed by atoms with E-state index in [1.807, 2.05) is 54.6 Å². The molecule has 4 rings (SSSR count). The molecule has 1 aromatic heterocycles. The van der Waals surface area contributed by atoms with Gasteiger partial charge in [-0.1, -0.05) is 48.5 Å². The van der Waals surface area contributed by atoms with Crippen LogP contribution in [0.1, 0.15) is 33.4 Å². The van der Waals surface area contributed by atoms with Crippen LogP contribution in [0.3, 0.4) is 0 Å². The van der Waals surface area contributed by atoms with Gasteiger partial charge in [-0.2, -0.15) is 13.2 Å². The maximum Gasteiger partial charge on any atom is 0.416 e. The molecule has 152 valence electrons. The molecule has 0 saturated carbocycles. The van der Waals surface area contributed by atoms with Crippen molar-refractivity contribution in [3.63, 3.8) is 0 Å². The summed E-state index contributed by atoms with van der Waals surface area (Å²) in [5, 5.41) is 2.84. The summed E-state index contributed by atoms with van der Waals surface area (Å²) in [6, 6.07) is 20.8. The van der Waals surface area contributed by atoms with E-state index in [1.165, 1.54) is 12.1 Å². The molecule has 4 nitrogen and oxygen atoms in total. The number of rotatable bonds is 5. The van der Waals surface area contributed by atoms with E-state index < -0.39 is 23.7 Å². The fraction of sp³-hybridized carbons (Fsp3) is 0.130. The summed E-state index contributed by atoms with van der Waals surface area (Å²) in [7, 11) is 0. The van der Waals surface area contributed by atoms with Crippen LogP contribution in [0.2, 0.25) is 0 Å². The Hall–Kier alpha value is -3.61. The van der Waals surface area contributed by atoms with Crippen molar-refractivity contribution in [1.82, 2.24) is 15.3 Å². The standard InChI is InChI=1S/C23H18F3N3O/c24-23(25,26)17-10-6-9-16(14-17)22(30)29-20(13-15-7-2-1-3-8-15)21-27-18-11-4-5-12-19(18)28-21/h1-12,14,20H,13H2,(H,27,28)(H,29,30)/t20-/m0/s1. The molecule has 0 unspecified atom stereocenters. The van der Waals surface area contributed by atoms with Crippen LogP contribution in [0.25, 0.3) is 11.0 Å². The van der Waals surface area contributed by atoms with E-state index in [-0.39, 0.29) is 5.56 Å². The van der Waals surface area contributed by atoms with Crippen LogP contribution in [0.4, 0.5) is 13.2 Å². The van der Waals surface area contributed by atoms with Crippen LogP contribution in [0.5, 0.6) is 0 Å². The van der Waals surface area contributed by atoms with Gasteiger partial charge in [-0.15, -0.1) is 0 Å². The number of alkyl halides is 3. The van der Waals surface area contributed by atoms with E-state index in [4.69, 9.17) is 0 Å². The van der Waals surface area contributed by atoms with Gasteiger partial charge in [0.25, 0.3) is 5.91 Å². The number of carbonyl (C=O) groups excluding carboxylic acids is 1. The first-order valence-corrected chi connectivity index (χ1v) is 9.37. The Balaban J connectivity index is 1.65. The minimum absolute atomic E-state index is 0.0565. The number of nitrogens with one attached hydrogen (secondary N) is 2. The molecular formula is C23H18F3N3O. The number of amides is 1. The van der Waals surface area contributed by atoms with Crippen molar-refractivity contribution in [1.29, 1.82) is 0 Å². The zero-order valence-corrected chi connectivity index (χ0v) is 15.8. The van der Waals surface area contributed by atoms with Gasteiger partial charge in [-0.05, 0) is 42.3 Å². The molecule has 0 aliphatic heterocycles. The van der Waals surface area contributed by atoms with Crippen molar-refractivity contribution in [2.75, 3.05) is 0 Å². The van der Waals surface area contributed by atoms with Crippen molar-refractivity contribution in [3.8, 4) is 0 Å². The lowest BCUT2D eigenvalue weighted by Gasteiger charge is -2.17. The minimum atomic E-state index is -4.52. The van der Waals surface area contributed by atoms with Gasteiger partial charge in [0, 0.05) is 5.56 Å². The average molecular weight is 409 g/mol. The van der Waals surface area contributed by atoms with Crippen molar-refractivity contribution < 1.29 is 18.0 Å². The van der Waals surface area contributed by atoms with Gasteiger partial charge < -0.3 is 10.3 Å². The minimum Gasteiger partial charge on any atom is -0.342 e. The SMILES string of the molecule is O=C(N[C@@H](Cc1ccccc1)c1nc2ccccc2[nH]1)c1cccc(C(F)(F)F)c1. The Morgan fingerprint density at radius 3 is 2.43 bits per heavy atom. The lowest BCUT2D eigenvalue weighted by atomic mass is 10.0. The Bertz CT molecular complexity index is 1140. The molecule has 7 heteroatoms. The molecule has 1 amide bonds. The number of nitrogens with zero attached hydrogens (tertiary/aromatic N) is 1. The fourth-order valence-corrected chi connectivity index (χ4v) is 3.28. The Labute approximate surface area is 170 Å². The number of H-pyrrole nitrogens is 1. The molecule has 1 heterocycles. The van der Waals surface area contributed by atoms with E-state index in [0.717, 1.165) is 28.7 Å². The second kappa shape index (κ2) is 8.02. The zero-order chi connectivity index (χ0) is 21.1. The summed E-state index contributed by atoms with van der Waals surface area (Å²) in [4.78, 5) is 20.6. The second-order valence-corrected chi connectivity index (χ2v) is 6.93. The molecule has 1 atom stereocenters. The summed E-state index contributed by atoms with van der Waals surface area (Å²) in [6.45, 7) is 0. The smallest absolute Gasteiger partial charge is 0.342 e. The molecule has 0 spiro atoms.